The highest BCUT2D eigenvalue weighted by molar-refractivity contribution is 6.14. The number of fused-ring (bicyclic) bond motifs is 1. The molecule has 1 saturated heterocycles. The van der Waals surface area contributed by atoms with E-state index < -0.39 is 0 Å². The molecule has 1 aromatic carbocycles. The highest BCUT2D eigenvalue weighted by Crippen LogP contribution is 2.28. The van der Waals surface area contributed by atoms with Crippen LogP contribution < -0.4 is 9.64 Å². The number of hydrogen-bond acceptors (Lipinski definition) is 7. The van der Waals surface area contributed by atoms with Gasteiger partial charge >= 0.3 is 0 Å². The van der Waals surface area contributed by atoms with Gasteiger partial charge in [0.25, 0.3) is 0 Å². The molecule has 0 spiro atoms. The van der Waals surface area contributed by atoms with Gasteiger partial charge in [-0.1, -0.05) is 6.07 Å². The number of anilines is 1. The summed E-state index contributed by atoms with van der Waals surface area (Å²) >= 11 is 0. The monoisotopic (exact) mass is 362 g/mol. The van der Waals surface area contributed by atoms with E-state index in [9.17, 15) is 0 Å². The summed E-state index contributed by atoms with van der Waals surface area (Å²) in [5, 5.41) is 9.01. The van der Waals surface area contributed by atoms with E-state index in [2.05, 4.69) is 33.2 Å². The molecule has 0 radical (unpaired) electrons. The van der Waals surface area contributed by atoms with Crippen molar-refractivity contribution < 1.29 is 4.74 Å². The molecule has 2 aliphatic heterocycles. The van der Waals surface area contributed by atoms with E-state index in [0.717, 1.165) is 54.7 Å². The number of aliphatic imine (C=N–C) groups is 1. The maximum Gasteiger partial charge on any atom is 0.179 e. The first kappa shape index (κ1) is 17.3. The van der Waals surface area contributed by atoms with Crippen molar-refractivity contribution in [2.24, 2.45) is 4.99 Å². The summed E-state index contributed by atoms with van der Waals surface area (Å²) in [6.07, 6.45) is 3.93. The molecule has 2 aliphatic rings. The average molecular weight is 362 g/mol. The van der Waals surface area contributed by atoms with E-state index in [0.29, 0.717) is 6.54 Å². The number of benzene rings is 1. The molecule has 0 unspecified atom stereocenters. The Labute approximate surface area is 158 Å². The molecule has 0 atom stereocenters. The highest BCUT2D eigenvalue weighted by atomic mass is 16.5. The van der Waals surface area contributed by atoms with Crippen LogP contribution in [-0.4, -0.2) is 52.9 Å². The lowest BCUT2D eigenvalue weighted by Gasteiger charge is -2.32. The summed E-state index contributed by atoms with van der Waals surface area (Å²) in [4.78, 5) is 17.6. The third-order valence-corrected chi connectivity index (χ3v) is 4.76. The lowest BCUT2D eigenvalue weighted by Crippen LogP contribution is -2.44. The van der Waals surface area contributed by atoms with E-state index in [4.69, 9.17) is 15.0 Å². The van der Waals surface area contributed by atoms with Gasteiger partial charge in [-0.3, -0.25) is 4.99 Å². The Kier molecular flexibility index (Phi) is 4.63. The van der Waals surface area contributed by atoms with E-state index in [1.165, 1.54) is 5.56 Å². The molecule has 1 aromatic heterocycles. The van der Waals surface area contributed by atoms with Gasteiger partial charge in [0.05, 0.1) is 24.1 Å². The van der Waals surface area contributed by atoms with Gasteiger partial charge < -0.3 is 14.5 Å². The molecule has 4 rings (SSSR count). The molecule has 7 nitrogen and oxygen atoms in total. The Morgan fingerprint density at radius 3 is 2.67 bits per heavy atom. The number of rotatable bonds is 4. The molecule has 3 heterocycles. The summed E-state index contributed by atoms with van der Waals surface area (Å²) in [6, 6.07) is 8.12. The minimum absolute atomic E-state index is 0.127. The second kappa shape index (κ2) is 7.23. The molecule has 0 aliphatic carbocycles. The van der Waals surface area contributed by atoms with Crippen molar-refractivity contribution >= 4 is 11.5 Å². The highest BCUT2D eigenvalue weighted by Gasteiger charge is 2.22. The molecular weight excluding hydrogens is 340 g/mol. The number of ether oxygens (including phenoxy) is 1. The summed E-state index contributed by atoms with van der Waals surface area (Å²) in [6.45, 7) is 7.69. The minimum atomic E-state index is 0.127. The molecular formula is C20H22N6O. The van der Waals surface area contributed by atoms with Gasteiger partial charge in [-0.15, -0.1) is 0 Å². The molecule has 1 fully saturated rings. The maximum atomic E-state index is 9.01. The SMILES string of the molecule is CC(C)Oc1ccc2c(c1)C(c1cc(N3CCN(C#N)CC3)ncn1)=NC2. The normalized spacial score (nSPS) is 16.1. The van der Waals surface area contributed by atoms with E-state index in [1.54, 1.807) is 11.2 Å². The van der Waals surface area contributed by atoms with Crippen LogP contribution in [-0.2, 0) is 6.54 Å². The van der Waals surface area contributed by atoms with Gasteiger partial charge in [-0.05, 0) is 31.5 Å². The number of piperazine rings is 1. The van der Waals surface area contributed by atoms with Crippen LogP contribution in [0.25, 0.3) is 0 Å². The molecule has 0 saturated carbocycles. The summed E-state index contributed by atoms with van der Waals surface area (Å²) in [5.74, 6) is 1.73. The first-order valence-corrected chi connectivity index (χ1v) is 9.20. The fourth-order valence-corrected chi connectivity index (χ4v) is 3.41. The van der Waals surface area contributed by atoms with Crippen LogP contribution >= 0.6 is 0 Å². The standard InChI is InChI=1S/C20H22N6O/c1-14(2)27-16-4-3-15-11-22-20(17(15)9-16)18-10-19(24-13-23-18)26-7-5-25(12-21)6-8-26/h3-4,9-10,13-14H,5-8,11H2,1-2H3. The quantitative estimate of drug-likeness (QED) is 0.776. The Morgan fingerprint density at radius 1 is 1.11 bits per heavy atom. The second-order valence-corrected chi connectivity index (χ2v) is 6.99. The number of nitrogens with zero attached hydrogens (tertiary/aromatic N) is 6. The van der Waals surface area contributed by atoms with Crippen molar-refractivity contribution in [2.75, 3.05) is 31.1 Å². The third kappa shape index (κ3) is 3.56. The topological polar surface area (TPSA) is 77.6 Å². The molecule has 27 heavy (non-hydrogen) atoms. The zero-order chi connectivity index (χ0) is 18.8. The van der Waals surface area contributed by atoms with Crippen LogP contribution in [0.1, 0.15) is 30.7 Å². The fraction of sp³-hybridized carbons (Fsp3) is 0.400. The molecule has 0 bridgehead atoms. The summed E-state index contributed by atoms with van der Waals surface area (Å²) in [5.41, 5.74) is 3.97. The molecule has 2 aromatic rings. The van der Waals surface area contributed by atoms with Crippen LogP contribution in [0.3, 0.4) is 0 Å². The van der Waals surface area contributed by atoms with Crippen LogP contribution in [0.15, 0.2) is 35.6 Å². The van der Waals surface area contributed by atoms with Crippen LogP contribution in [0.5, 0.6) is 5.75 Å². The first-order chi connectivity index (χ1) is 13.1. The Morgan fingerprint density at radius 2 is 1.93 bits per heavy atom. The smallest absolute Gasteiger partial charge is 0.179 e. The Bertz CT molecular complexity index is 909. The number of nitriles is 1. The molecule has 7 heteroatoms. The van der Waals surface area contributed by atoms with Crippen LogP contribution in [0, 0.1) is 11.5 Å². The molecule has 0 N–H and O–H groups in total. The minimum Gasteiger partial charge on any atom is -0.491 e. The summed E-state index contributed by atoms with van der Waals surface area (Å²) in [7, 11) is 0. The lowest BCUT2D eigenvalue weighted by atomic mass is 10.0. The van der Waals surface area contributed by atoms with Crippen LogP contribution in [0.2, 0.25) is 0 Å². The maximum absolute atomic E-state index is 9.01. The fourth-order valence-electron chi connectivity index (χ4n) is 3.41. The van der Waals surface area contributed by atoms with Crippen molar-refractivity contribution in [2.45, 2.75) is 26.5 Å². The summed E-state index contributed by atoms with van der Waals surface area (Å²) < 4.78 is 5.84. The van der Waals surface area contributed by atoms with Crippen molar-refractivity contribution in [3.8, 4) is 11.9 Å². The zero-order valence-electron chi connectivity index (χ0n) is 15.6. The van der Waals surface area contributed by atoms with Crippen molar-refractivity contribution in [3.63, 3.8) is 0 Å². The first-order valence-electron chi connectivity index (χ1n) is 9.20. The number of aromatic nitrogens is 2. The van der Waals surface area contributed by atoms with Crippen LogP contribution in [0.4, 0.5) is 5.82 Å². The van der Waals surface area contributed by atoms with Gasteiger partial charge in [-0.25, -0.2) is 9.97 Å². The largest absolute Gasteiger partial charge is 0.491 e. The predicted molar refractivity (Wildman–Crippen MR) is 103 cm³/mol. The Balaban J connectivity index is 1.59. The lowest BCUT2D eigenvalue weighted by molar-refractivity contribution is 0.242. The van der Waals surface area contributed by atoms with Crippen molar-refractivity contribution in [3.05, 3.63) is 47.4 Å². The Hall–Kier alpha value is -3.14. The number of hydrogen-bond donors (Lipinski definition) is 0. The van der Waals surface area contributed by atoms with Gasteiger partial charge in [-0.2, -0.15) is 5.26 Å². The van der Waals surface area contributed by atoms with E-state index in [1.807, 2.05) is 26.0 Å². The van der Waals surface area contributed by atoms with Crippen molar-refractivity contribution in [1.29, 1.82) is 5.26 Å². The second-order valence-electron chi connectivity index (χ2n) is 6.99. The van der Waals surface area contributed by atoms with Crippen molar-refractivity contribution in [1.82, 2.24) is 14.9 Å². The average Bonchev–Trinajstić information content (AvgIpc) is 3.11. The van der Waals surface area contributed by atoms with Gasteiger partial charge in [0.15, 0.2) is 6.19 Å². The zero-order valence-corrected chi connectivity index (χ0v) is 15.6. The van der Waals surface area contributed by atoms with E-state index in [-0.39, 0.29) is 6.10 Å². The molecule has 0 amide bonds. The predicted octanol–water partition coefficient (Wildman–Crippen LogP) is 2.22. The van der Waals surface area contributed by atoms with E-state index >= 15 is 0 Å². The van der Waals surface area contributed by atoms with Gasteiger partial charge in [0.2, 0.25) is 0 Å². The third-order valence-electron chi connectivity index (χ3n) is 4.76. The van der Waals surface area contributed by atoms with Gasteiger partial charge in [0.1, 0.15) is 17.9 Å². The molecule has 138 valence electrons. The van der Waals surface area contributed by atoms with Gasteiger partial charge in [0, 0.05) is 37.8 Å².